The highest BCUT2D eigenvalue weighted by molar-refractivity contribution is 9.10. The lowest BCUT2D eigenvalue weighted by Gasteiger charge is -2.09. The van der Waals surface area contributed by atoms with Gasteiger partial charge < -0.3 is 10.6 Å². The molecule has 0 aliphatic heterocycles. The van der Waals surface area contributed by atoms with Crippen molar-refractivity contribution in [1.82, 2.24) is 15.0 Å². The molecular formula is C11H10BrCl2N5. The fraction of sp³-hybridized carbons (Fsp3) is 0.182. The van der Waals surface area contributed by atoms with Crippen molar-refractivity contribution in [2.45, 2.75) is 6.92 Å². The minimum atomic E-state index is 0.117. The number of hydrogen-bond donors (Lipinski definition) is 2. The molecule has 0 atom stereocenters. The number of halogens is 3. The van der Waals surface area contributed by atoms with Crippen LogP contribution in [0.2, 0.25) is 10.3 Å². The van der Waals surface area contributed by atoms with E-state index in [-0.39, 0.29) is 5.28 Å². The van der Waals surface area contributed by atoms with Crippen LogP contribution in [-0.2, 0) is 0 Å². The maximum atomic E-state index is 6.01. The van der Waals surface area contributed by atoms with E-state index >= 15 is 0 Å². The molecule has 0 spiro atoms. The molecular weight excluding hydrogens is 353 g/mol. The lowest BCUT2D eigenvalue weighted by molar-refractivity contribution is 1.02. The molecule has 2 N–H and O–H groups in total. The third-order valence-corrected chi connectivity index (χ3v) is 3.71. The van der Waals surface area contributed by atoms with E-state index in [0.29, 0.717) is 23.5 Å². The van der Waals surface area contributed by atoms with Gasteiger partial charge in [0.2, 0.25) is 17.2 Å². The van der Waals surface area contributed by atoms with E-state index in [9.17, 15) is 0 Å². The molecule has 0 unspecified atom stereocenters. The lowest BCUT2D eigenvalue weighted by atomic mass is 10.3. The molecule has 8 heteroatoms. The molecule has 0 fully saturated rings. The van der Waals surface area contributed by atoms with Crippen LogP contribution in [0.5, 0.6) is 0 Å². The quantitative estimate of drug-likeness (QED) is 0.856. The summed E-state index contributed by atoms with van der Waals surface area (Å²) in [7, 11) is 0. The zero-order valence-corrected chi connectivity index (χ0v) is 13.0. The van der Waals surface area contributed by atoms with Gasteiger partial charge in [-0.1, -0.05) is 17.7 Å². The van der Waals surface area contributed by atoms with Crippen molar-refractivity contribution in [3.63, 3.8) is 0 Å². The van der Waals surface area contributed by atoms with Gasteiger partial charge in [-0.15, -0.1) is 0 Å². The first-order chi connectivity index (χ1) is 9.10. The second kappa shape index (κ2) is 6.36. The van der Waals surface area contributed by atoms with Crippen molar-refractivity contribution in [3.8, 4) is 0 Å². The Labute approximate surface area is 128 Å². The van der Waals surface area contributed by atoms with Crippen LogP contribution < -0.4 is 10.6 Å². The van der Waals surface area contributed by atoms with Gasteiger partial charge in [0.05, 0.1) is 15.2 Å². The van der Waals surface area contributed by atoms with Gasteiger partial charge in [0.1, 0.15) is 0 Å². The number of nitrogens with one attached hydrogen (secondary N) is 2. The van der Waals surface area contributed by atoms with Gasteiger partial charge in [-0.3, -0.25) is 0 Å². The first kappa shape index (κ1) is 14.3. The van der Waals surface area contributed by atoms with Crippen molar-refractivity contribution < 1.29 is 0 Å². The second-order valence-corrected chi connectivity index (χ2v) is 5.05. The van der Waals surface area contributed by atoms with Gasteiger partial charge in [0, 0.05) is 6.54 Å². The predicted molar refractivity (Wildman–Crippen MR) is 81.4 cm³/mol. The number of hydrogen-bond acceptors (Lipinski definition) is 5. The van der Waals surface area contributed by atoms with E-state index in [1.54, 1.807) is 6.07 Å². The molecule has 2 rings (SSSR count). The van der Waals surface area contributed by atoms with Crippen molar-refractivity contribution >= 4 is 56.7 Å². The average Bonchev–Trinajstić information content (AvgIpc) is 2.35. The molecule has 0 aliphatic carbocycles. The highest BCUT2D eigenvalue weighted by atomic mass is 79.9. The van der Waals surface area contributed by atoms with E-state index in [1.165, 1.54) is 0 Å². The number of benzene rings is 1. The average molecular weight is 363 g/mol. The molecule has 0 saturated carbocycles. The van der Waals surface area contributed by atoms with Gasteiger partial charge >= 0.3 is 0 Å². The Balaban J connectivity index is 2.30. The molecule has 2 aromatic rings. The topological polar surface area (TPSA) is 62.7 Å². The largest absolute Gasteiger partial charge is 0.354 e. The Morgan fingerprint density at radius 2 is 1.89 bits per heavy atom. The fourth-order valence-electron chi connectivity index (χ4n) is 1.36. The summed E-state index contributed by atoms with van der Waals surface area (Å²) in [5.41, 5.74) is 0.747. The van der Waals surface area contributed by atoms with Crippen LogP contribution in [0.4, 0.5) is 17.6 Å². The van der Waals surface area contributed by atoms with Crippen LogP contribution in [0.3, 0.4) is 0 Å². The minimum Gasteiger partial charge on any atom is -0.354 e. The monoisotopic (exact) mass is 361 g/mol. The SMILES string of the molecule is CCNc1nc(Cl)nc(Nc2cccc(Cl)c2Br)n1. The van der Waals surface area contributed by atoms with Crippen LogP contribution in [0.1, 0.15) is 6.92 Å². The molecule has 0 radical (unpaired) electrons. The lowest BCUT2D eigenvalue weighted by Crippen LogP contribution is -2.06. The molecule has 0 amide bonds. The second-order valence-electron chi connectivity index (χ2n) is 3.51. The van der Waals surface area contributed by atoms with Crippen molar-refractivity contribution in [2.24, 2.45) is 0 Å². The summed E-state index contributed by atoms with van der Waals surface area (Å²) >= 11 is 15.2. The first-order valence-electron chi connectivity index (χ1n) is 5.46. The van der Waals surface area contributed by atoms with E-state index in [0.717, 1.165) is 10.2 Å². The molecule has 5 nitrogen and oxygen atoms in total. The fourth-order valence-corrected chi connectivity index (χ4v) is 2.06. The van der Waals surface area contributed by atoms with Crippen molar-refractivity contribution in [2.75, 3.05) is 17.2 Å². The summed E-state index contributed by atoms with van der Waals surface area (Å²) < 4.78 is 0.734. The molecule has 19 heavy (non-hydrogen) atoms. The zero-order valence-electron chi connectivity index (χ0n) is 9.91. The highest BCUT2D eigenvalue weighted by Gasteiger charge is 2.08. The Hall–Kier alpha value is -1.11. The Morgan fingerprint density at radius 3 is 2.63 bits per heavy atom. The number of aromatic nitrogens is 3. The van der Waals surface area contributed by atoms with E-state index in [2.05, 4.69) is 41.5 Å². The van der Waals surface area contributed by atoms with E-state index in [1.807, 2.05) is 19.1 Å². The van der Waals surface area contributed by atoms with Gasteiger partial charge in [-0.05, 0) is 46.6 Å². The number of rotatable bonds is 4. The van der Waals surface area contributed by atoms with Gasteiger partial charge in [-0.2, -0.15) is 15.0 Å². The highest BCUT2D eigenvalue weighted by Crippen LogP contribution is 2.31. The Bertz CT molecular complexity index is 593. The molecule has 1 aromatic heterocycles. The number of nitrogens with zero attached hydrogens (tertiary/aromatic N) is 3. The van der Waals surface area contributed by atoms with Gasteiger partial charge in [-0.25, -0.2) is 0 Å². The molecule has 1 aromatic carbocycles. The summed E-state index contributed by atoms with van der Waals surface area (Å²) in [5.74, 6) is 0.766. The van der Waals surface area contributed by atoms with Crippen LogP contribution >= 0.6 is 39.1 Å². The number of anilines is 3. The zero-order chi connectivity index (χ0) is 13.8. The van der Waals surface area contributed by atoms with Gasteiger partial charge in [0.25, 0.3) is 0 Å². The third-order valence-electron chi connectivity index (χ3n) is 2.14. The van der Waals surface area contributed by atoms with Crippen LogP contribution in [0.25, 0.3) is 0 Å². The summed E-state index contributed by atoms with van der Waals surface area (Å²) in [5, 5.41) is 6.72. The maximum absolute atomic E-state index is 6.01. The normalized spacial score (nSPS) is 10.3. The molecule has 1 heterocycles. The summed E-state index contributed by atoms with van der Waals surface area (Å²) in [6, 6.07) is 5.45. The standard InChI is InChI=1S/C11H10BrCl2N5/c1-2-15-10-17-9(14)18-11(19-10)16-7-5-3-4-6(13)8(7)12/h3-5H,2H2,1H3,(H2,15,16,17,18,19). The smallest absolute Gasteiger partial charge is 0.233 e. The van der Waals surface area contributed by atoms with Gasteiger partial charge in [0.15, 0.2) is 0 Å². The Kier molecular flexibility index (Phi) is 4.79. The summed E-state index contributed by atoms with van der Waals surface area (Å²) in [4.78, 5) is 12.2. The Morgan fingerprint density at radius 1 is 1.16 bits per heavy atom. The molecule has 0 bridgehead atoms. The molecule has 0 aliphatic rings. The van der Waals surface area contributed by atoms with Crippen LogP contribution in [-0.4, -0.2) is 21.5 Å². The summed E-state index contributed by atoms with van der Waals surface area (Å²) in [6.07, 6.45) is 0. The van der Waals surface area contributed by atoms with E-state index in [4.69, 9.17) is 23.2 Å². The van der Waals surface area contributed by atoms with Crippen molar-refractivity contribution in [1.29, 1.82) is 0 Å². The van der Waals surface area contributed by atoms with Crippen molar-refractivity contribution in [3.05, 3.63) is 33.0 Å². The van der Waals surface area contributed by atoms with Crippen LogP contribution in [0, 0.1) is 0 Å². The predicted octanol–water partition coefficient (Wildman–Crippen LogP) is 4.12. The molecule has 0 saturated heterocycles. The third kappa shape index (κ3) is 3.68. The summed E-state index contributed by atoms with van der Waals surface area (Å²) in [6.45, 7) is 2.64. The van der Waals surface area contributed by atoms with E-state index < -0.39 is 0 Å². The van der Waals surface area contributed by atoms with Crippen LogP contribution in [0.15, 0.2) is 22.7 Å². The molecule has 100 valence electrons. The minimum absolute atomic E-state index is 0.117. The first-order valence-corrected chi connectivity index (χ1v) is 7.01. The maximum Gasteiger partial charge on any atom is 0.233 e.